The third-order valence-corrected chi connectivity index (χ3v) is 8.20. The summed E-state index contributed by atoms with van der Waals surface area (Å²) >= 11 is 1.14. The molecule has 0 atom stereocenters. The van der Waals surface area contributed by atoms with Crippen LogP contribution >= 0.6 is 11.3 Å². The van der Waals surface area contributed by atoms with Gasteiger partial charge in [0.05, 0.1) is 10.6 Å². The summed E-state index contributed by atoms with van der Waals surface area (Å²) in [5.74, 6) is 6.08. The summed E-state index contributed by atoms with van der Waals surface area (Å²) in [6.07, 6.45) is 6.38. The number of ether oxygens (including phenoxy) is 1. The van der Waals surface area contributed by atoms with Crippen LogP contribution in [0.15, 0.2) is 18.2 Å². The average molecular weight is 526 g/mol. The van der Waals surface area contributed by atoms with Gasteiger partial charge >= 0.3 is 5.97 Å². The highest BCUT2D eigenvalue weighted by molar-refractivity contribution is 7.15. The van der Waals surface area contributed by atoms with Gasteiger partial charge in [0.25, 0.3) is 0 Å². The molecule has 2 aromatic heterocycles. The number of rotatable bonds is 6. The Kier molecular flexibility index (Phi) is 8.70. The van der Waals surface area contributed by atoms with Gasteiger partial charge in [0.1, 0.15) is 11.0 Å². The van der Waals surface area contributed by atoms with Crippen molar-refractivity contribution in [2.24, 2.45) is 17.8 Å². The lowest BCUT2D eigenvalue weighted by Gasteiger charge is -2.39. The summed E-state index contributed by atoms with van der Waals surface area (Å²) in [6.45, 7) is 6.20. The molecule has 198 valence electrons. The molecule has 0 radical (unpaired) electrons. The zero-order chi connectivity index (χ0) is 26.5. The number of carbonyl (C=O) groups is 2. The van der Waals surface area contributed by atoms with E-state index in [0.29, 0.717) is 48.0 Å². The Bertz CT molecular complexity index is 1150. The number of hydrogen-bond donors (Lipinski definition) is 2. The first-order valence-corrected chi connectivity index (χ1v) is 13.9. The van der Waals surface area contributed by atoms with E-state index in [1.54, 1.807) is 17.0 Å². The second-order valence-corrected chi connectivity index (χ2v) is 11.5. The molecule has 0 bridgehead atoms. The molecule has 0 unspecified atom stereocenters. The Hall–Kier alpha value is -3.12. The number of anilines is 1. The van der Waals surface area contributed by atoms with Crippen LogP contribution in [-0.2, 0) is 4.79 Å². The second-order valence-electron chi connectivity index (χ2n) is 10.5. The molecule has 9 heteroatoms. The normalized spacial score (nSPS) is 23.7. The highest BCUT2D eigenvalue weighted by atomic mass is 32.1. The van der Waals surface area contributed by atoms with Gasteiger partial charge in [0, 0.05) is 30.0 Å². The summed E-state index contributed by atoms with van der Waals surface area (Å²) in [4.78, 5) is 28.9. The van der Waals surface area contributed by atoms with Gasteiger partial charge in [-0.2, -0.15) is 0 Å². The Balaban J connectivity index is 1.58. The van der Waals surface area contributed by atoms with E-state index >= 15 is 0 Å². The molecule has 0 aliphatic heterocycles. The van der Waals surface area contributed by atoms with Crippen LogP contribution in [0.1, 0.15) is 86.7 Å². The lowest BCUT2D eigenvalue weighted by Crippen LogP contribution is -2.47. The van der Waals surface area contributed by atoms with Gasteiger partial charge in [-0.25, -0.2) is 4.79 Å². The van der Waals surface area contributed by atoms with Crippen LogP contribution in [0.4, 0.5) is 5.69 Å². The van der Waals surface area contributed by atoms with E-state index in [2.05, 4.69) is 29.0 Å². The van der Waals surface area contributed by atoms with Crippen LogP contribution in [0.5, 0.6) is 11.8 Å². The van der Waals surface area contributed by atoms with E-state index in [4.69, 9.17) is 4.74 Å². The SMILES string of the molecule is CC(C)C#Cc1cc(N(C(=O)[C@H]2CC[C@H](C)CC2)[C@H]2CC[C@@H](Oc3ccc(O)nn3)CC2)c(C(=O)O)s1. The highest BCUT2D eigenvalue weighted by Crippen LogP contribution is 2.39. The van der Waals surface area contributed by atoms with Crippen molar-refractivity contribution in [3.8, 4) is 23.6 Å². The van der Waals surface area contributed by atoms with Crippen molar-refractivity contribution in [3.05, 3.63) is 28.0 Å². The zero-order valence-electron chi connectivity index (χ0n) is 21.6. The molecule has 2 saturated carbocycles. The fourth-order valence-electron chi connectivity index (χ4n) is 5.16. The monoisotopic (exact) mass is 525 g/mol. The van der Waals surface area contributed by atoms with Gasteiger partial charge in [-0.1, -0.05) is 32.6 Å². The molecule has 2 aliphatic rings. The zero-order valence-corrected chi connectivity index (χ0v) is 22.5. The average Bonchev–Trinajstić information content (AvgIpc) is 3.30. The number of aromatic carboxylic acids is 1. The first-order chi connectivity index (χ1) is 17.7. The maximum atomic E-state index is 14.0. The number of aromatic nitrogens is 2. The third kappa shape index (κ3) is 6.80. The quantitative estimate of drug-likeness (QED) is 0.479. The molecule has 1 amide bonds. The van der Waals surface area contributed by atoms with Gasteiger partial charge in [0.2, 0.25) is 17.7 Å². The van der Waals surface area contributed by atoms with Crippen LogP contribution in [-0.4, -0.2) is 44.4 Å². The molecule has 0 saturated heterocycles. The predicted molar refractivity (Wildman–Crippen MR) is 142 cm³/mol. The minimum absolute atomic E-state index is 0.0318. The Morgan fingerprint density at radius 1 is 1.08 bits per heavy atom. The van der Waals surface area contributed by atoms with Crippen molar-refractivity contribution in [1.29, 1.82) is 0 Å². The molecule has 2 fully saturated rings. The fraction of sp³-hybridized carbons (Fsp3) is 0.571. The Morgan fingerprint density at radius 3 is 2.38 bits per heavy atom. The lowest BCUT2D eigenvalue weighted by molar-refractivity contribution is -0.124. The van der Waals surface area contributed by atoms with Crippen molar-refractivity contribution < 1.29 is 24.5 Å². The van der Waals surface area contributed by atoms with Crippen molar-refractivity contribution in [3.63, 3.8) is 0 Å². The third-order valence-electron chi connectivity index (χ3n) is 7.18. The van der Waals surface area contributed by atoms with Gasteiger partial charge in [-0.15, -0.1) is 21.5 Å². The topological polar surface area (TPSA) is 113 Å². The van der Waals surface area contributed by atoms with Crippen LogP contribution < -0.4 is 9.64 Å². The Labute approximate surface area is 222 Å². The number of hydrogen-bond acceptors (Lipinski definition) is 7. The maximum Gasteiger partial charge on any atom is 0.348 e. The summed E-state index contributed by atoms with van der Waals surface area (Å²) < 4.78 is 5.95. The molecule has 37 heavy (non-hydrogen) atoms. The van der Waals surface area contributed by atoms with Gasteiger partial charge < -0.3 is 19.8 Å². The number of thiophene rings is 1. The van der Waals surface area contributed by atoms with Crippen molar-refractivity contribution in [2.45, 2.75) is 84.3 Å². The smallest absolute Gasteiger partial charge is 0.348 e. The van der Waals surface area contributed by atoms with E-state index in [0.717, 1.165) is 37.0 Å². The van der Waals surface area contributed by atoms with E-state index in [1.807, 2.05) is 13.8 Å². The van der Waals surface area contributed by atoms with Crippen molar-refractivity contribution in [2.75, 3.05) is 4.90 Å². The molecular formula is C28H35N3O5S. The molecular weight excluding hydrogens is 490 g/mol. The lowest BCUT2D eigenvalue weighted by atomic mass is 9.81. The summed E-state index contributed by atoms with van der Waals surface area (Å²) in [5, 5.41) is 26.9. The molecule has 2 aliphatic carbocycles. The summed E-state index contributed by atoms with van der Waals surface area (Å²) in [7, 11) is 0. The van der Waals surface area contributed by atoms with E-state index < -0.39 is 5.97 Å². The number of nitrogens with zero attached hydrogens (tertiary/aromatic N) is 3. The first-order valence-electron chi connectivity index (χ1n) is 13.1. The molecule has 2 N–H and O–H groups in total. The number of carbonyl (C=O) groups excluding carboxylic acids is 1. The number of aromatic hydroxyl groups is 1. The van der Waals surface area contributed by atoms with Gasteiger partial charge in [0.15, 0.2) is 0 Å². The van der Waals surface area contributed by atoms with Crippen LogP contribution in [0.25, 0.3) is 0 Å². The van der Waals surface area contributed by atoms with E-state index in [-0.39, 0.29) is 40.6 Å². The standard InChI is InChI=1S/C28H35N3O5S/c1-17(2)4-13-22-16-23(26(37-22)28(34)35)31(27(33)19-7-5-18(3)6-8-19)20-9-11-21(12-10-20)36-25-15-14-24(32)29-30-25/h14-21H,5-12H2,1-3H3,(H,29,32)(H,34,35)/t18-,19-,20-,21+. The number of carboxylic acid groups (broad SMARTS) is 1. The number of amides is 1. The highest BCUT2D eigenvalue weighted by Gasteiger charge is 2.37. The molecule has 4 rings (SSSR count). The van der Waals surface area contributed by atoms with Gasteiger partial charge in [-0.3, -0.25) is 4.79 Å². The van der Waals surface area contributed by atoms with E-state index in [1.165, 1.54) is 6.07 Å². The number of carboxylic acids is 1. The van der Waals surface area contributed by atoms with E-state index in [9.17, 15) is 19.8 Å². The van der Waals surface area contributed by atoms with Crippen molar-refractivity contribution in [1.82, 2.24) is 10.2 Å². The molecule has 2 aromatic rings. The molecule has 0 aromatic carbocycles. The molecule has 0 spiro atoms. The predicted octanol–water partition coefficient (Wildman–Crippen LogP) is 5.50. The van der Waals surface area contributed by atoms with Gasteiger partial charge in [-0.05, 0) is 63.4 Å². The molecule has 8 nitrogen and oxygen atoms in total. The Morgan fingerprint density at radius 2 is 1.78 bits per heavy atom. The largest absolute Gasteiger partial charge is 0.492 e. The summed E-state index contributed by atoms with van der Waals surface area (Å²) in [5.41, 5.74) is 0.475. The summed E-state index contributed by atoms with van der Waals surface area (Å²) in [6, 6.07) is 4.69. The van der Waals surface area contributed by atoms with Crippen LogP contribution in [0, 0.1) is 29.6 Å². The first kappa shape index (κ1) is 26.9. The minimum Gasteiger partial charge on any atom is -0.492 e. The second kappa shape index (κ2) is 12.0. The van der Waals surface area contributed by atoms with Crippen LogP contribution in [0.2, 0.25) is 0 Å². The maximum absolute atomic E-state index is 14.0. The van der Waals surface area contributed by atoms with Crippen LogP contribution in [0.3, 0.4) is 0 Å². The van der Waals surface area contributed by atoms with Crippen molar-refractivity contribution >= 4 is 28.9 Å². The fourth-order valence-corrected chi connectivity index (χ4v) is 6.01. The minimum atomic E-state index is -1.03. The molecule has 2 heterocycles.